The highest BCUT2D eigenvalue weighted by Crippen LogP contribution is 2.37. The largest absolute Gasteiger partial charge is 0.369 e. The smallest absolute Gasteiger partial charge is 0.273 e. The third-order valence-corrected chi connectivity index (χ3v) is 5.04. The number of aryl methyl sites for hydroxylation is 1. The normalized spacial score (nSPS) is 25.6. The fourth-order valence-corrected chi connectivity index (χ4v) is 3.92. The third kappa shape index (κ3) is 2.42. The molecule has 2 aliphatic heterocycles. The van der Waals surface area contributed by atoms with Crippen molar-refractivity contribution in [2.24, 2.45) is 5.92 Å². The molecule has 5 nitrogen and oxygen atoms in total. The molecule has 2 aliphatic rings. The molecule has 2 fully saturated rings. The van der Waals surface area contributed by atoms with Gasteiger partial charge < -0.3 is 10.2 Å². The number of benzene rings is 1. The molecule has 3 rings (SSSR count). The minimum absolute atomic E-state index is 0.176. The second-order valence-corrected chi connectivity index (χ2v) is 6.57. The van der Waals surface area contributed by atoms with E-state index < -0.39 is 0 Å². The van der Waals surface area contributed by atoms with Crippen LogP contribution in [-0.4, -0.2) is 30.6 Å². The molecule has 2 heterocycles. The number of nitro benzene ring substituents is 1. The average molecular weight is 340 g/mol. The molecule has 6 heteroatoms. The maximum absolute atomic E-state index is 11.0. The molecule has 2 saturated heterocycles. The van der Waals surface area contributed by atoms with Crippen LogP contribution >= 0.6 is 15.9 Å². The molecule has 0 spiro atoms. The van der Waals surface area contributed by atoms with E-state index in [2.05, 4.69) is 26.1 Å². The lowest BCUT2D eigenvalue weighted by molar-refractivity contribution is -0.385. The number of fused-ring (bicyclic) bond motifs is 1. The first-order valence-corrected chi connectivity index (χ1v) is 7.78. The Hall–Kier alpha value is -1.14. The summed E-state index contributed by atoms with van der Waals surface area (Å²) in [5, 5.41) is 14.6. The van der Waals surface area contributed by atoms with Crippen LogP contribution in [0.1, 0.15) is 18.4 Å². The van der Waals surface area contributed by atoms with E-state index in [9.17, 15) is 10.1 Å². The molecule has 0 unspecified atom stereocenters. The van der Waals surface area contributed by atoms with Gasteiger partial charge in [0.25, 0.3) is 5.69 Å². The highest BCUT2D eigenvalue weighted by Gasteiger charge is 2.35. The summed E-state index contributed by atoms with van der Waals surface area (Å²) in [6.45, 7) is 4.93. The van der Waals surface area contributed by atoms with Gasteiger partial charge in [-0.25, -0.2) is 0 Å². The number of anilines is 1. The molecule has 0 amide bonds. The van der Waals surface area contributed by atoms with Crippen LogP contribution in [0.5, 0.6) is 0 Å². The Balaban J connectivity index is 1.87. The van der Waals surface area contributed by atoms with Crippen molar-refractivity contribution >= 4 is 27.3 Å². The van der Waals surface area contributed by atoms with E-state index in [1.807, 2.05) is 6.07 Å². The summed E-state index contributed by atoms with van der Waals surface area (Å²) < 4.78 is 0.813. The van der Waals surface area contributed by atoms with E-state index in [-0.39, 0.29) is 10.6 Å². The second-order valence-electron chi connectivity index (χ2n) is 5.72. The quantitative estimate of drug-likeness (QED) is 0.664. The van der Waals surface area contributed by atoms with E-state index in [0.29, 0.717) is 12.0 Å². The zero-order valence-electron chi connectivity index (χ0n) is 11.4. The van der Waals surface area contributed by atoms with Crippen LogP contribution in [0.2, 0.25) is 0 Å². The number of piperidine rings is 1. The van der Waals surface area contributed by atoms with Crippen molar-refractivity contribution in [3.63, 3.8) is 0 Å². The molecule has 0 aromatic heterocycles. The predicted octanol–water partition coefficient (Wildman–Crippen LogP) is 2.85. The Morgan fingerprint density at radius 3 is 2.95 bits per heavy atom. The third-order valence-electron chi connectivity index (χ3n) is 4.40. The van der Waals surface area contributed by atoms with Gasteiger partial charge in [0, 0.05) is 35.2 Å². The van der Waals surface area contributed by atoms with Gasteiger partial charge in [-0.3, -0.25) is 10.1 Å². The standard InChI is InChI=1S/C14H18BrN3O2/c1-9-5-14(11(15)6-13(9)18(19)20)17-7-10-3-2-4-16-12(10)8-17/h5-6,10,12,16H,2-4,7-8H2,1H3/t10-,12+/m0/s1. The van der Waals surface area contributed by atoms with Gasteiger partial charge in [0.05, 0.1) is 10.6 Å². The molecule has 20 heavy (non-hydrogen) atoms. The van der Waals surface area contributed by atoms with Crippen molar-refractivity contribution in [3.8, 4) is 0 Å². The Morgan fingerprint density at radius 2 is 2.25 bits per heavy atom. The molecule has 0 aliphatic carbocycles. The van der Waals surface area contributed by atoms with E-state index in [1.165, 1.54) is 12.8 Å². The molecule has 1 aromatic rings. The van der Waals surface area contributed by atoms with Crippen molar-refractivity contribution in [2.45, 2.75) is 25.8 Å². The Morgan fingerprint density at radius 1 is 1.45 bits per heavy atom. The molecular formula is C14H18BrN3O2. The van der Waals surface area contributed by atoms with Gasteiger partial charge >= 0.3 is 0 Å². The van der Waals surface area contributed by atoms with Crippen LogP contribution in [0.3, 0.4) is 0 Å². The molecule has 1 N–H and O–H groups in total. The number of nitrogens with one attached hydrogen (secondary N) is 1. The van der Waals surface area contributed by atoms with E-state index in [1.54, 1.807) is 13.0 Å². The number of nitro groups is 1. The zero-order chi connectivity index (χ0) is 14.3. The Labute approximate surface area is 126 Å². The minimum atomic E-state index is -0.324. The van der Waals surface area contributed by atoms with Gasteiger partial charge in [0.1, 0.15) is 0 Å². The van der Waals surface area contributed by atoms with Crippen molar-refractivity contribution in [2.75, 3.05) is 24.5 Å². The summed E-state index contributed by atoms with van der Waals surface area (Å²) in [5.41, 5.74) is 1.97. The second kappa shape index (κ2) is 5.33. The van der Waals surface area contributed by atoms with Gasteiger partial charge in [0.2, 0.25) is 0 Å². The zero-order valence-corrected chi connectivity index (χ0v) is 13.0. The molecule has 0 saturated carbocycles. The van der Waals surface area contributed by atoms with Gasteiger partial charge in [-0.15, -0.1) is 0 Å². The lowest BCUT2D eigenvalue weighted by Crippen LogP contribution is -2.40. The van der Waals surface area contributed by atoms with Crippen LogP contribution in [0.25, 0.3) is 0 Å². The topological polar surface area (TPSA) is 58.4 Å². The monoisotopic (exact) mass is 339 g/mol. The van der Waals surface area contributed by atoms with Crippen LogP contribution < -0.4 is 10.2 Å². The van der Waals surface area contributed by atoms with Gasteiger partial charge in [0.15, 0.2) is 0 Å². The molecule has 108 valence electrons. The fourth-order valence-electron chi connectivity index (χ4n) is 3.34. The van der Waals surface area contributed by atoms with Crippen molar-refractivity contribution in [1.82, 2.24) is 5.32 Å². The molecule has 0 radical (unpaired) electrons. The lowest BCUT2D eigenvalue weighted by atomic mass is 9.94. The lowest BCUT2D eigenvalue weighted by Gasteiger charge is -2.24. The van der Waals surface area contributed by atoms with E-state index in [0.717, 1.165) is 35.4 Å². The number of halogens is 1. The van der Waals surface area contributed by atoms with Crippen LogP contribution in [-0.2, 0) is 0 Å². The molecular weight excluding hydrogens is 322 g/mol. The van der Waals surface area contributed by atoms with Crippen LogP contribution in [0, 0.1) is 23.0 Å². The SMILES string of the molecule is Cc1cc(N2C[C@@H]3CCCN[C@@H]3C2)c(Br)cc1[N+](=O)[O-]. The maximum atomic E-state index is 11.0. The van der Waals surface area contributed by atoms with Gasteiger partial charge in [-0.2, -0.15) is 0 Å². The van der Waals surface area contributed by atoms with Gasteiger partial charge in [-0.05, 0) is 54.2 Å². The first kappa shape index (κ1) is 13.8. The van der Waals surface area contributed by atoms with Crippen LogP contribution in [0.15, 0.2) is 16.6 Å². The van der Waals surface area contributed by atoms with Crippen molar-refractivity contribution in [1.29, 1.82) is 0 Å². The first-order chi connectivity index (χ1) is 9.56. The summed E-state index contributed by atoms with van der Waals surface area (Å²) in [4.78, 5) is 13.0. The minimum Gasteiger partial charge on any atom is -0.369 e. The van der Waals surface area contributed by atoms with E-state index >= 15 is 0 Å². The maximum Gasteiger partial charge on any atom is 0.273 e. The summed E-state index contributed by atoms with van der Waals surface area (Å²) in [6, 6.07) is 4.12. The molecule has 0 bridgehead atoms. The fraction of sp³-hybridized carbons (Fsp3) is 0.571. The van der Waals surface area contributed by atoms with Crippen molar-refractivity contribution < 1.29 is 4.92 Å². The number of hydrogen-bond acceptors (Lipinski definition) is 4. The van der Waals surface area contributed by atoms with Gasteiger partial charge in [-0.1, -0.05) is 0 Å². The molecule has 2 atom stereocenters. The molecule has 1 aromatic carbocycles. The van der Waals surface area contributed by atoms with Crippen molar-refractivity contribution in [3.05, 3.63) is 32.3 Å². The Bertz CT molecular complexity index is 535. The number of nitrogens with zero attached hydrogens (tertiary/aromatic N) is 2. The highest BCUT2D eigenvalue weighted by molar-refractivity contribution is 9.10. The van der Waals surface area contributed by atoms with Crippen LogP contribution in [0.4, 0.5) is 11.4 Å². The highest BCUT2D eigenvalue weighted by atomic mass is 79.9. The summed E-state index contributed by atoms with van der Waals surface area (Å²) in [5.74, 6) is 0.700. The number of hydrogen-bond donors (Lipinski definition) is 1. The summed E-state index contributed by atoms with van der Waals surface area (Å²) >= 11 is 3.49. The first-order valence-electron chi connectivity index (χ1n) is 6.99. The number of rotatable bonds is 2. The summed E-state index contributed by atoms with van der Waals surface area (Å²) in [7, 11) is 0. The Kier molecular flexibility index (Phi) is 3.69. The average Bonchev–Trinajstić information content (AvgIpc) is 2.84. The van der Waals surface area contributed by atoms with E-state index in [4.69, 9.17) is 0 Å². The summed E-state index contributed by atoms with van der Waals surface area (Å²) in [6.07, 6.45) is 2.52. The predicted molar refractivity (Wildman–Crippen MR) is 82.3 cm³/mol.